The third-order valence-corrected chi connectivity index (χ3v) is 5.82. The first-order chi connectivity index (χ1) is 12.1. The number of likely N-dealkylation sites (tertiary alicyclic amines) is 1. The number of anilines is 1. The number of nitrogens with zero attached hydrogens (tertiary/aromatic N) is 3. The summed E-state index contributed by atoms with van der Waals surface area (Å²) in [7, 11) is 0. The summed E-state index contributed by atoms with van der Waals surface area (Å²) in [5.74, 6) is 1.12. The third kappa shape index (κ3) is 7.78. The summed E-state index contributed by atoms with van der Waals surface area (Å²) in [5, 5.41) is 0.803. The van der Waals surface area contributed by atoms with Crippen molar-refractivity contribution in [2.75, 3.05) is 57.3 Å². The quantitative estimate of drug-likeness (QED) is 0.673. The Bertz CT molecular complexity index is 554. The Hall–Kier alpha value is -0.520. The Kier molecular flexibility index (Phi) is 11.0. The smallest absolute Gasteiger partial charge is 0.143 e. The number of piperidine rings is 1. The van der Waals surface area contributed by atoms with E-state index in [0.717, 1.165) is 50.2 Å². The van der Waals surface area contributed by atoms with E-state index in [1.54, 1.807) is 6.92 Å². The SMILES string of the molecule is CC(=O)CN1CCC(CCN2CCN(c3ccc(Cl)cc3)CC2)CC1.Cl.Cl. The predicted molar refractivity (Wildman–Crippen MR) is 119 cm³/mol. The van der Waals surface area contributed by atoms with Crippen LogP contribution in [0.15, 0.2) is 24.3 Å². The minimum Gasteiger partial charge on any atom is -0.369 e. The number of Topliss-reactive ketones (excluding diaryl/α,β-unsaturated/α-hetero) is 1. The maximum Gasteiger partial charge on any atom is 0.143 e. The molecular formula is C20H32Cl3N3O. The molecule has 0 atom stereocenters. The van der Waals surface area contributed by atoms with Crippen LogP contribution >= 0.6 is 36.4 Å². The summed E-state index contributed by atoms with van der Waals surface area (Å²) in [6.45, 7) is 10.2. The number of piperazine rings is 1. The van der Waals surface area contributed by atoms with Gasteiger partial charge in [-0.25, -0.2) is 0 Å². The van der Waals surface area contributed by atoms with Gasteiger partial charge < -0.3 is 4.90 Å². The summed E-state index contributed by atoms with van der Waals surface area (Å²) in [4.78, 5) is 18.6. The number of carbonyl (C=O) groups is 1. The zero-order valence-corrected chi connectivity index (χ0v) is 18.5. The van der Waals surface area contributed by atoms with Gasteiger partial charge in [-0.2, -0.15) is 0 Å². The van der Waals surface area contributed by atoms with Crippen LogP contribution in [0.25, 0.3) is 0 Å². The standard InChI is InChI=1S/C20H30ClN3O.2ClH/c1-17(25)16-23-10-7-18(8-11-23)6-9-22-12-14-24(15-13-22)20-4-2-19(21)3-5-20;;/h2-5,18H,6-16H2,1H3;2*1H. The van der Waals surface area contributed by atoms with Crippen molar-refractivity contribution in [3.63, 3.8) is 0 Å². The molecule has 27 heavy (non-hydrogen) atoms. The molecule has 2 fully saturated rings. The molecule has 154 valence electrons. The molecule has 4 nitrogen and oxygen atoms in total. The molecule has 0 aliphatic carbocycles. The first kappa shape index (κ1) is 24.5. The van der Waals surface area contributed by atoms with Gasteiger partial charge in [0, 0.05) is 36.9 Å². The van der Waals surface area contributed by atoms with Crippen molar-refractivity contribution in [1.82, 2.24) is 9.80 Å². The lowest BCUT2D eigenvalue weighted by molar-refractivity contribution is -0.118. The van der Waals surface area contributed by atoms with Gasteiger partial charge >= 0.3 is 0 Å². The van der Waals surface area contributed by atoms with Gasteiger partial charge in [0.25, 0.3) is 0 Å². The number of hydrogen-bond acceptors (Lipinski definition) is 4. The molecule has 0 amide bonds. The molecule has 0 bridgehead atoms. The van der Waals surface area contributed by atoms with Gasteiger partial charge in [-0.15, -0.1) is 24.8 Å². The second kappa shape index (κ2) is 12.1. The van der Waals surface area contributed by atoms with Crippen LogP contribution in [0.3, 0.4) is 0 Å². The van der Waals surface area contributed by atoms with Crippen molar-refractivity contribution in [3.05, 3.63) is 29.3 Å². The van der Waals surface area contributed by atoms with E-state index in [4.69, 9.17) is 11.6 Å². The number of carbonyl (C=O) groups excluding carboxylic acids is 1. The molecule has 1 aromatic carbocycles. The third-order valence-electron chi connectivity index (χ3n) is 5.57. The lowest BCUT2D eigenvalue weighted by Gasteiger charge is -2.37. The minimum atomic E-state index is 0. The van der Waals surface area contributed by atoms with Crippen LogP contribution < -0.4 is 4.90 Å². The number of rotatable bonds is 6. The average Bonchev–Trinajstić information content (AvgIpc) is 2.62. The van der Waals surface area contributed by atoms with Crippen LogP contribution in [0.4, 0.5) is 5.69 Å². The fourth-order valence-electron chi connectivity index (χ4n) is 3.99. The molecule has 2 aliphatic heterocycles. The van der Waals surface area contributed by atoms with Gasteiger partial charge in [-0.3, -0.25) is 14.6 Å². The highest BCUT2D eigenvalue weighted by Gasteiger charge is 2.22. The number of ketones is 1. The molecule has 0 spiro atoms. The van der Waals surface area contributed by atoms with Crippen molar-refractivity contribution < 1.29 is 4.79 Å². The number of halogens is 3. The highest BCUT2D eigenvalue weighted by Crippen LogP contribution is 2.22. The van der Waals surface area contributed by atoms with Crippen molar-refractivity contribution in [2.45, 2.75) is 26.2 Å². The van der Waals surface area contributed by atoms with Crippen molar-refractivity contribution in [1.29, 1.82) is 0 Å². The van der Waals surface area contributed by atoms with Crippen molar-refractivity contribution in [2.24, 2.45) is 5.92 Å². The van der Waals surface area contributed by atoms with Crippen LogP contribution in [-0.4, -0.2) is 67.9 Å². The van der Waals surface area contributed by atoms with Gasteiger partial charge in [0.2, 0.25) is 0 Å². The first-order valence-electron chi connectivity index (χ1n) is 9.55. The van der Waals surface area contributed by atoms with E-state index in [-0.39, 0.29) is 30.6 Å². The van der Waals surface area contributed by atoms with E-state index in [0.29, 0.717) is 6.54 Å². The van der Waals surface area contributed by atoms with Gasteiger partial charge in [0.15, 0.2) is 0 Å². The molecule has 0 saturated carbocycles. The Labute approximate surface area is 181 Å². The van der Waals surface area contributed by atoms with Gasteiger partial charge in [0.05, 0.1) is 6.54 Å². The van der Waals surface area contributed by atoms with Crippen LogP contribution in [0.5, 0.6) is 0 Å². The van der Waals surface area contributed by atoms with E-state index in [9.17, 15) is 4.79 Å². The zero-order valence-electron chi connectivity index (χ0n) is 16.1. The average molecular weight is 437 g/mol. The molecule has 0 N–H and O–H groups in total. The zero-order chi connectivity index (χ0) is 17.6. The predicted octanol–water partition coefficient (Wildman–Crippen LogP) is 4.00. The first-order valence-corrected chi connectivity index (χ1v) is 9.92. The van der Waals surface area contributed by atoms with E-state index in [2.05, 4.69) is 26.8 Å². The van der Waals surface area contributed by atoms with E-state index >= 15 is 0 Å². The van der Waals surface area contributed by atoms with Crippen LogP contribution in [-0.2, 0) is 4.79 Å². The van der Waals surface area contributed by atoms with Gasteiger partial charge in [-0.05, 0) is 76.0 Å². The van der Waals surface area contributed by atoms with Crippen molar-refractivity contribution in [3.8, 4) is 0 Å². The van der Waals surface area contributed by atoms with Gasteiger partial charge in [-0.1, -0.05) is 11.6 Å². The molecule has 1 aromatic rings. The second-order valence-corrected chi connectivity index (χ2v) is 7.95. The Balaban J connectivity index is 0.00000182. The topological polar surface area (TPSA) is 26.8 Å². The molecule has 2 heterocycles. The maximum atomic E-state index is 11.2. The summed E-state index contributed by atoms with van der Waals surface area (Å²) >= 11 is 5.98. The summed E-state index contributed by atoms with van der Waals surface area (Å²) in [6.07, 6.45) is 3.80. The normalized spacial score (nSPS) is 19.3. The Morgan fingerprint density at radius 3 is 2.11 bits per heavy atom. The molecule has 0 radical (unpaired) electrons. The molecule has 7 heteroatoms. The summed E-state index contributed by atoms with van der Waals surface area (Å²) < 4.78 is 0. The molecule has 2 aliphatic rings. The lowest BCUT2D eigenvalue weighted by Crippen LogP contribution is -2.47. The Morgan fingerprint density at radius 1 is 0.963 bits per heavy atom. The van der Waals surface area contributed by atoms with Gasteiger partial charge in [0.1, 0.15) is 5.78 Å². The Morgan fingerprint density at radius 2 is 1.56 bits per heavy atom. The summed E-state index contributed by atoms with van der Waals surface area (Å²) in [5.41, 5.74) is 1.28. The number of benzene rings is 1. The second-order valence-electron chi connectivity index (χ2n) is 7.52. The van der Waals surface area contributed by atoms with E-state index in [1.807, 2.05) is 12.1 Å². The van der Waals surface area contributed by atoms with Crippen molar-refractivity contribution >= 4 is 47.9 Å². The molecule has 0 unspecified atom stereocenters. The lowest BCUT2D eigenvalue weighted by atomic mass is 9.93. The monoisotopic (exact) mass is 435 g/mol. The van der Waals surface area contributed by atoms with Crippen LogP contribution in [0.1, 0.15) is 26.2 Å². The minimum absolute atomic E-state index is 0. The number of hydrogen-bond donors (Lipinski definition) is 0. The highest BCUT2D eigenvalue weighted by molar-refractivity contribution is 6.30. The molecular weight excluding hydrogens is 405 g/mol. The molecule has 3 rings (SSSR count). The summed E-state index contributed by atoms with van der Waals surface area (Å²) in [6, 6.07) is 8.18. The van der Waals surface area contributed by atoms with E-state index in [1.165, 1.54) is 31.5 Å². The molecule has 0 aromatic heterocycles. The fourth-order valence-corrected chi connectivity index (χ4v) is 4.12. The van der Waals surface area contributed by atoms with Crippen LogP contribution in [0, 0.1) is 5.92 Å². The largest absolute Gasteiger partial charge is 0.369 e. The molecule has 2 saturated heterocycles. The van der Waals surface area contributed by atoms with E-state index < -0.39 is 0 Å². The highest BCUT2D eigenvalue weighted by atomic mass is 35.5. The van der Waals surface area contributed by atoms with Crippen LogP contribution in [0.2, 0.25) is 5.02 Å². The maximum absolute atomic E-state index is 11.2. The fraction of sp³-hybridized carbons (Fsp3) is 0.650.